The van der Waals surface area contributed by atoms with Crippen LogP contribution in [-0.4, -0.2) is 55.2 Å². The normalized spacial score (nSPS) is 27.9. The molecule has 0 aliphatic carbocycles. The maximum atomic E-state index is 11.3. The van der Waals surface area contributed by atoms with E-state index in [1.807, 2.05) is 6.92 Å². The van der Waals surface area contributed by atoms with Crippen LogP contribution in [0.2, 0.25) is 0 Å². The first-order chi connectivity index (χ1) is 8.08. The molecular formula is C12H25N3O2. The molecule has 0 aromatic carbocycles. The number of carbonyl (C=O) groups excluding carboxylic acids is 1. The molecule has 1 heterocycles. The molecule has 0 aromatic rings. The van der Waals surface area contributed by atoms with Gasteiger partial charge >= 0.3 is 0 Å². The molecule has 5 nitrogen and oxygen atoms in total. The number of amides is 1. The highest BCUT2D eigenvalue weighted by Gasteiger charge is 2.28. The lowest BCUT2D eigenvalue weighted by Gasteiger charge is -2.39. The minimum absolute atomic E-state index is 0.230. The van der Waals surface area contributed by atoms with Crippen molar-refractivity contribution in [2.75, 3.05) is 26.2 Å². The fourth-order valence-corrected chi connectivity index (χ4v) is 2.25. The van der Waals surface area contributed by atoms with Gasteiger partial charge in [0.25, 0.3) is 0 Å². The summed E-state index contributed by atoms with van der Waals surface area (Å²) in [6.45, 7) is 9.23. The molecule has 3 unspecified atom stereocenters. The van der Waals surface area contributed by atoms with Crippen molar-refractivity contribution in [2.45, 2.75) is 45.4 Å². The van der Waals surface area contributed by atoms with Gasteiger partial charge in [-0.15, -0.1) is 0 Å². The number of nitrogens with one attached hydrogen (secondary N) is 1. The van der Waals surface area contributed by atoms with Crippen LogP contribution in [0.5, 0.6) is 0 Å². The molecule has 1 rings (SSSR count). The zero-order valence-corrected chi connectivity index (χ0v) is 11.1. The summed E-state index contributed by atoms with van der Waals surface area (Å²) in [5, 5.41) is 3.13. The number of morpholine rings is 1. The number of primary amides is 1. The van der Waals surface area contributed by atoms with Crippen molar-refractivity contribution in [3.8, 4) is 0 Å². The van der Waals surface area contributed by atoms with E-state index in [1.165, 1.54) is 0 Å². The third kappa shape index (κ3) is 4.26. The summed E-state index contributed by atoms with van der Waals surface area (Å²) in [7, 11) is 0. The molecule has 0 bridgehead atoms. The Morgan fingerprint density at radius 1 is 1.59 bits per heavy atom. The Labute approximate surface area is 104 Å². The van der Waals surface area contributed by atoms with Crippen molar-refractivity contribution >= 4 is 5.91 Å². The number of ether oxygens (including phenoxy) is 1. The average Bonchev–Trinajstić information content (AvgIpc) is 2.28. The van der Waals surface area contributed by atoms with Crippen LogP contribution in [0.25, 0.3) is 0 Å². The van der Waals surface area contributed by atoms with Gasteiger partial charge in [-0.05, 0) is 19.9 Å². The molecule has 1 fully saturated rings. The van der Waals surface area contributed by atoms with Gasteiger partial charge in [-0.3, -0.25) is 9.69 Å². The predicted octanol–water partition coefficient (Wildman–Crippen LogP) is -0.0509. The summed E-state index contributed by atoms with van der Waals surface area (Å²) in [5.41, 5.74) is 5.40. The van der Waals surface area contributed by atoms with E-state index < -0.39 is 0 Å². The van der Waals surface area contributed by atoms with E-state index in [1.54, 1.807) is 0 Å². The van der Waals surface area contributed by atoms with Crippen molar-refractivity contribution in [1.29, 1.82) is 0 Å². The highest BCUT2D eigenvalue weighted by Crippen LogP contribution is 2.14. The standard InChI is InChI=1S/C12H25N3O2/c1-4-10-8-17-9(3)6-15(10)7-11(12(13)16)14-5-2/h9-11,14H,4-8H2,1-3H3,(H2,13,16). The van der Waals surface area contributed by atoms with Crippen molar-refractivity contribution < 1.29 is 9.53 Å². The molecule has 5 heteroatoms. The van der Waals surface area contributed by atoms with E-state index >= 15 is 0 Å². The third-order valence-electron chi connectivity index (χ3n) is 3.26. The first kappa shape index (κ1) is 14.4. The Morgan fingerprint density at radius 2 is 2.29 bits per heavy atom. The Kier molecular flexibility index (Phi) is 5.88. The summed E-state index contributed by atoms with van der Waals surface area (Å²) in [4.78, 5) is 13.7. The number of hydrogen-bond acceptors (Lipinski definition) is 4. The molecule has 0 saturated carbocycles. The number of nitrogens with two attached hydrogens (primary N) is 1. The summed E-state index contributed by atoms with van der Waals surface area (Å²) >= 11 is 0. The second-order valence-corrected chi connectivity index (χ2v) is 4.67. The summed E-state index contributed by atoms with van der Waals surface area (Å²) in [6.07, 6.45) is 1.26. The third-order valence-corrected chi connectivity index (χ3v) is 3.26. The molecule has 17 heavy (non-hydrogen) atoms. The molecule has 1 aliphatic heterocycles. The highest BCUT2D eigenvalue weighted by atomic mass is 16.5. The van der Waals surface area contributed by atoms with Gasteiger partial charge < -0.3 is 15.8 Å². The molecule has 3 N–H and O–H groups in total. The van der Waals surface area contributed by atoms with Crippen LogP contribution in [0, 0.1) is 0 Å². The van der Waals surface area contributed by atoms with Gasteiger partial charge in [0.15, 0.2) is 0 Å². The molecule has 1 saturated heterocycles. The number of rotatable bonds is 6. The van der Waals surface area contributed by atoms with E-state index in [4.69, 9.17) is 10.5 Å². The fraction of sp³-hybridized carbons (Fsp3) is 0.917. The van der Waals surface area contributed by atoms with Crippen molar-refractivity contribution in [1.82, 2.24) is 10.2 Å². The molecule has 1 aliphatic rings. The lowest BCUT2D eigenvalue weighted by atomic mass is 10.1. The predicted molar refractivity (Wildman–Crippen MR) is 67.7 cm³/mol. The highest BCUT2D eigenvalue weighted by molar-refractivity contribution is 5.80. The van der Waals surface area contributed by atoms with Crippen LogP contribution in [0.15, 0.2) is 0 Å². The van der Waals surface area contributed by atoms with E-state index in [0.29, 0.717) is 12.6 Å². The van der Waals surface area contributed by atoms with Crippen LogP contribution < -0.4 is 11.1 Å². The maximum absolute atomic E-state index is 11.3. The minimum atomic E-state index is -0.277. The fourth-order valence-electron chi connectivity index (χ4n) is 2.25. The van der Waals surface area contributed by atoms with E-state index in [2.05, 4.69) is 24.1 Å². The van der Waals surface area contributed by atoms with Crippen molar-refractivity contribution in [3.05, 3.63) is 0 Å². The average molecular weight is 243 g/mol. The lowest BCUT2D eigenvalue weighted by Crippen LogP contribution is -2.56. The number of nitrogens with zero attached hydrogens (tertiary/aromatic N) is 1. The van der Waals surface area contributed by atoms with Gasteiger partial charge in [0.2, 0.25) is 5.91 Å². The maximum Gasteiger partial charge on any atom is 0.235 e. The number of carbonyl (C=O) groups is 1. The summed E-state index contributed by atoms with van der Waals surface area (Å²) in [6, 6.07) is 0.131. The molecule has 0 radical (unpaired) electrons. The zero-order valence-electron chi connectivity index (χ0n) is 11.1. The molecule has 3 atom stereocenters. The SMILES string of the molecule is CCNC(CN1CC(C)OCC1CC)C(N)=O. The Bertz CT molecular complexity index is 248. The first-order valence-corrected chi connectivity index (χ1v) is 6.46. The Balaban J connectivity index is 2.58. The smallest absolute Gasteiger partial charge is 0.235 e. The first-order valence-electron chi connectivity index (χ1n) is 6.46. The lowest BCUT2D eigenvalue weighted by molar-refractivity contribution is -0.122. The molecule has 1 amide bonds. The number of likely N-dealkylation sites (N-methyl/N-ethyl adjacent to an activating group) is 1. The number of hydrogen-bond donors (Lipinski definition) is 2. The monoisotopic (exact) mass is 243 g/mol. The largest absolute Gasteiger partial charge is 0.376 e. The quantitative estimate of drug-likeness (QED) is 0.686. The van der Waals surface area contributed by atoms with E-state index in [-0.39, 0.29) is 18.1 Å². The van der Waals surface area contributed by atoms with Gasteiger partial charge in [0, 0.05) is 19.1 Å². The van der Waals surface area contributed by atoms with Gasteiger partial charge in [-0.1, -0.05) is 13.8 Å². The second-order valence-electron chi connectivity index (χ2n) is 4.67. The zero-order chi connectivity index (χ0) is 12.8. The molecule has 0 aromatic heterocycles. The summed E-state index contributed by atoms with van der Waals surface area (Å²) in [5.74, 6) is -0.277. The van der Waals surface area contributed by atoms with Gasteiger partial charge in [0.1, 0.15) is 0 Å². The van der Waals surface area contributed by atoms with E-state index in [0.717, 1.165) is 26.1 Å². The minimum Gasteiger partial charge on any atom is -0.376 e. The molecule has 0 spiro atoms. The van der Waals surface area contributed by atoms with Crippen molar-refractivity contribution in [2.24, 2.45) is 5.73 Å². The van der Waals surface area contributed by atoms with Crippen LogP contribution >= 0.6 is 0 Å². The van der Waals surface area contributed by atoms with Crippen LogP contribution in [-0.2, 0) is 9.53 Å². The Morgan fingerprint density at radius 3 is 2.82 bits per heavy atom. The van der Waals surface area contributed by atoms with Gasteiger partial charge in [-0.2, -0.15) is 0 Å². The van der Waals surface area contributed by atoms with Crippen LogP contribution in [0.1, 0.15) is 27.2 Å². The van der Waals surface area contributed by atoms with Gasteiger partial charge in [0.05, 0.1) is 18.8 Å². The van der Waals surface area contributed by atoms with E-state index in [9.17, 15) is 4.79 Å². The molecule has 100 valence electrons. The topological polar surface area (TPSA) is 67.6 Å². The van der Waals surface area contributed by atoms with Gasteiger partial charge in [-0.25, -0.2) is 0 Å². The van der Waals surface area contributed by atoms with Crippen LogP contribution in [0.4, 0.5) is 0 Å². The van der Waals surface area contributed by atoms with Crippen molar-refractivity contribution in [3.63, 3.8) is 0 Å². The molecular weight excluding hydrogens is 218 g/mol. The summed E-state index contributed by atoms with van der Waals surface area (Å²) < 4.78 is 5.64. The van der Waals surface area contributed by atoms with Crippen LogP contribution in [0.3, 0.4) is 0 Å². The Hall–Kier alpha value is -0.650. The second kappa shape index (κ2) is 6.93.